The van der Waals surface area contributed by atoms with E-state index in [-0.39, 0.29) is 40.3 Å². The van der Waals surface area contributed by atoms with Gasteiger partial charge < -0.3 is 20.5 Å². The number of aromatic nitrogens is 1. The first-order valence-corrected chi connectivity index (χ1v) is 16.3. The lowest BCUT2D eigenvalue weighted by Crippen LogP contribution is -2.48. The number of ether oxygens (including phenoxy) is 1. The van der Waals surface area contributed by atoms with Crippen LogP contribution in [0, 0.1) is 29.5 Å². The number of sulfone groups is 1. The van der Waals surface area contributed by atoms with Gasteiger partial charge in [-0.2, -0.15) is 13.2 Å². The van der Waals surface area contributed by atoms with Crippen molar-refractivity contribution >= 4 is 33.3 Å². The van der Waals surface area contributed by atoms with Crippen molar-refractivity contribution in [2.24, 2.45) is 23.7 Å². The Labute approximate surface area is 266 Å². The summed E-state index contributed by atoms with van der Waals surface area (Å²) in [7, 11) is -4.36. The van der Waals surface area contributed by atoms with Gasteiger partial charge in [0.2, 0.25) is 5.91 Å². The van der Waals surface area contributed by atoms with E-state index in [0.717, 1.165) is 30.7 Å². The van der Waals surface area contributed by atoms with E-state index in [4.69, 9.17) is 4.74 Å². The number of fused-ring (bicyclic) bond motifs is 2. The summed E-state index contributed by atoms with van der Waals surface area (Å²) < 4.78 is 83.5. The summed E-state index contributed by atoms with van der Waals surface area (Å²) in [6.07, 6.45) is 3.92. The van der Waals surface area contributed by atoms with Crippen molar-refractivity contribution in [3.8, 4) is 16.9 Å². The molecule has 1 aromatic heterocycles. The Balaban J connectivity index is 1.22. The predicted molar refractivity (Wildman–Crippen MR) is 159 cm³/mol. The van der Waals surface area contributed by atoms with Gasteiger partial charge in [0.1, 0.15) is 11.6 Å². The topological polar surface area (TPSA) is 152 Å². The molecule has 2 amide bonds. The lowest BCUT2D eigenvalue weighted by Gasteiger charge is -2.31. The summed E-state index contributed by atoms with van der Waals surface area (Å²) in [6, 6.07) is 8.82. The number of methoxy groups -OCH3 is 1. The number of nitrogens with one attached hydrogen (secondary N) is 2. The van der Waals surface area contributed by atoms with Crippen LogP contribution in [0.2, 0.25) is 0 Å². The molecule has 248 valence electrons. The quantitative estimate of drug-likeness (QED) is 0.263. The molecule has 10 nitrogen and oxygen atoms in total. The van der Waals surface area contributed by atoms with Crippen molar-refractivity contribution < 1.29 is 50.2 Å². The van der Waals surface area contributed by atoms with Crippen LogP contribution >= 0.6 is 0 Å². The molecule has 3 aromatic rings. The van der Waals surface area contributed by atoms with Gasteiger partial charge >= 0.3 is 11.5 Å². The van der Waals surface area contributed by atoms with E-state index < -0.39 is 61.7 Å². The van der Waals surface area contributed by atoms with Gasteiger partial charge in [-0.1, -0.05) is 12.1 Å². The molecule has 15 heteroatoms. The minimum Gasteiger partial charge on any atom is -0.496 e. The molecule has 6 atom stereocenters. The molecule has 2 aromatic carbocycles. The maximum Gasteiger partial charge on any atom is 0.501 e. The van der Waals surface area contributed by atoms with Gasteiger partial charge in [0.25, 0.3) is 15.7 Å². The zero-order valence-electron chi connectivity index (χ0n) is 24.8. The van der Waals surface area contributed by atoms with Crippen molar-refractivity contribution in [3.63, 3.8) is 0 Å². The van der Waals surface area contributed by atoms with Crippen molar-refractivity contribution in [2.75, 3.05) is 12.4 Å². The number of carbonyl (C=O) groups excluding carboxylic acids is 2. The zero-order valence-corrected chi connectivity index (χ0v) is 25.6. The van der Waals surface area contributed by atoms with E-state index in [0.29, 0.717) is 30.5 Å². The molecular weight excluding hydrogens is 646 g/mol. The molecule has 3 aliphatic rings. The van der Waals surface area contributed by atoms with Gasteiger partial charge in [-0.15, -0.1) is 0 Å². The summed E-state index contributed by atoms with van der Waals surface area (Å²) in [5.74, 6) is -4.55. The number of carboxylic acid groups (broad SMARTS) is 1. The summed E-state index contributed by atoms with van der Waals surface area (Å²) >= 11 is 0. The molecule has 0 saturated heterocycles. The second-order valence-corrected chi connectivity index (χ2v) is 14.1. The van der Waals surface area contributed by atoms with Crippen LogP contribution < -0.4 is 15.4 Å². The van der Waals surface area contributed by atoms with Crippen LogP contribution in [0.15, 0.2) is 59.6 Å². The number of aliphatic carboxylic acids is 1. The molecular formula is C32H29F4N3O7S. The minimum absolute atomic E-state index is 0.00639. The van der Waals surface area contributed by atoms with Crippen LogP contribution in [-0.4, -0.2) is 55.0 Å². The number of carbonyl (C=O) groups is 3. The molecule has 6 rings (SSSR count). The Morgan fingerprint density at radius 2 is 1.77 bits per heavy atom. The van der Waals surface area contributed by atoms with Gasteiger partial charge in [0, 0.05) is 46.7 Å². The first kappa shape index (κ1) is 32.4. The Hall–Kier alpha value is -4.53. The number of anilines is 1. The van der Waals surface area contributed by atoms with Gasteiger partial charge in [-0.3, -0.25) is 19.4 Å². The smallest absolute Gasteiger partial charge is 0.496 e. The monoisotopic (exact) mass is 675 g/mol. The first-order chi connectivity index (χ1) is 22.2. The van der Waals surface area contributed by atoms with Crippen LogP contribution in [0.5, 0.6) is 5.75 Å². The molecule has 3 N–H and O–H groups in total. The molecule has 1 heterocycles. The lowest BCUT2D eigenvalue weighted by molar-refractivity contribution is -0.138. The number of carboxylic acids is 1. The Morgan fingerprint density at radius 1 is 1.02 bits per heavy atom. The highest BCUT2D eigenvalue weighted by Gasteiger charge is 2.52. The minimum atomic E-state index is -5.63. The Kier molecular flexibility index (Phi) is 8.22. The molecule has 3 aliphatic carbocycles. The van der Waals surface area contributed by atoms with Gasteiger partial charge in [-0.25, -0.2) is 12.8 Å². The molecule has 3 fully saturated rings. The number of alkyl halides is 3. The largest absolute Gasteiger partial charge is 0.501 e. The number of hydrogen-bond donors (Lipinski definition) is 3. The highest BCUT2D eigenvalue weighted by atomic mass is 32.2. The van der Waals surface area contributed by atoms with Crippen LogP contribution in [-0.2, 0) is 19.4 Å². The zero-order chi connectivity index (χ0) is 33.8. The third-order valence-corrected chi connectivity index (χ3v) is 10.8. The third-order valence-electron chi connectivity index (χ3n) is 9.35. The second-order valence-electron chi connectivity index (χ2n) is 12.1. The summed E-state index contributed by atoms with van der Waals surface area (Å²) in [5, 5.41) is 14.6. The fourth-order valence-corrected chi connectivity index (χ4v) is 7.71. The molecule has 47 heavy (non-hydrogen) atoms. The first-order valence-electron chi connectivity index (χ1n) is 14.8. The van der Waals surface area contributed by atoms with Crippen molar-refractivity contribution in [3.05, 3.63) is 71.8 Å². The van der Waals surface area contributed by atoms with E-state index in [2.05, 4.69) is 15.6 Å². The highest BCUT2D eigenvalue weighted by molar-refractivity contribution is 7.92. The van der Waals surface area contributed by atoms with Gasteiger partial charge in [-0.05, 0) is 67.9 Å². The standard InChI is InChI=1S/C32H29F4N3O7S/c1-46-26-13-24(33)20(17-7-8-25(37-14-17)21-12-22(21)31(42)43)11-23(26)29(40)39-28-16-6-5-15(9-16)27(28)30(41)38-18-3-2-4-19(10-18)47(44,45)32(34,35)36/h2-4,7-8,10-11,13-16,21-22,27-28H,5-6,9,12H2,1H3,(H,38,41)(H,39,40)(H,42,43)/t15-,16+,21?,22+,27+,28-/m1/s1. The third kappa shape index (κ3) is 6.03. The predicted octanol–water partition coefficient (Wildman–Crippen LogP) is 5.16. The van der Waals surface area contributed by atoms with Crippen LogP contribution in [0.4, 0.5) is 23.2 Å². The molecule has 1 unspecified atom stereocenters. The average Bonchev–Trinajstić information content (AvgIpc) is 3.59. The van der Waals surface area contributed by atoms with E-state index in [1.54, 1.807) is 12.1 Å². The maximum absolute atomic E-state index is 15.2. The van der Waals surface area contributed by atoms with E-state index in [1.807, 2.05) is 0 Å². The van der Waals surface area contributed by atoms with E-state index >= 15 is 4.39 Å². The summed E-state index contributed by atoms with van der Waals surface area (Å²) in [6.45, 7) is 0. The number of rotatable bonds is 9. The number of hydrogen-bond acceptors (Lipinski definition) is 7. The number of pyridine rings is 1. The SMILES string of the molecule is COc1cc(F)c(-c2ccc(C3C[C@@H]3C(=O)O)nc2)cc1C(=O)N[C@@H]1[C@H]2CC[C@H](C2)[C@@H]1C(=O)Nc1cccc(S(=O)(=O)C(F)(F)F)c1. The maximum atomic E-state index is 15.2. The normalized spacial score (nSPS) is 24.9. The Bertz CT molecular complexity index is 1870. The second kappa shape index (κ2) is 11.9. The van der Waals surface area contributed by atoms with E-state index in [1.165, 1.54) is 25.4 Å². The number of nitrogens with zero attached hydrogens (tertiary/aromatic N) is 1. The molecule has 0 spiro atoms. The number of halogens is 4. The lowest BCUT2D eigenvalue weighted by atomic mass is 9.83. The summed E-state index contributed by atoms with van der Waals surface area (Å²) in [5.41, 5.74) is -4.69. The highest BCUT2D eigenvalue weighted by Crippen LogP contribution is 2.49. The van der Waals surface area contributed by atoms with Crippen LogP contribution in [0.3, 0.4) is 0 Å². The van der Waals surface area contributed by atoms with Gasteiger partial charge in [0.15, 0.2) is 0 Å². The fourth-order valence-electron chi connectivity index (χ4n) is 6.91. The van der Waals surface area contributed by atoms with Crippen LogP contribution in [0.25, 0.3) is 11.1 Å². The molecule has 2 bridgehead atoms. The molecule has 0 radical (unpaired) electrons. The molecule has 0 aliphatic heterocycles. The average molecular weight is 676 g/mol. The van der Waals surface area contributed by atoms with Crippen molar-refractivity contribution in [1.82, 2.24) is 10.3 Å². The number of benzene rings is 2. The van der Waals surface area contributed by atoms with E-state index in [9.17, 15) is 41.1 Å². The Morgan fingerprint density at radius 3 is 2.40 bits per heavy atom. The van der Waals surface area contributed by atoms with Crippen LogP contribution in [0.1, 0.15) is 47.7 Å². The fraction of sp³-hybridized carbons (Fsp3) is 0.375. The summed E-state index contributed by atoms with van der Waals surface area (Å²) in [4.78, 5) is 41.7. The van der Waals surface area contributed by atoms with Crippen molar-refractivity contribution in [1.29, 1.82) is 0 Å². The van der Waals surface area contributed by atoms with Crippen molar-refractivity contribution in [2.45, 2.75) is 48.0 Å². The van der Waals surface area contributed by atoms with Gasteiger partial charge in [0.05, 0.1) is 29.4 Å². The number of amides is 2. The molecule has 3 saturated carbocycles.